The van der Waals surface area contributed by atoms with E-state index in [2.05, 4.69) is 10.1 Å². The molecular formula is C17H23N3O5. The van der Waals surface area contributed by atoms with Crippen molar-refractivity contribution in [3.63, 3.8) is 0 Å². The molecular weight excluding hydrogens is 326 g/mol. The van der Waals surface area contributed by atoms with Crippen LogP contribution in [0.3, 0.4) is 0 Å². The first-order chi connectivity index (χ1) is 12.2. The molecule has 8 heteroatoms. The molecule has 136 valence electrons. The average Bonchev–Trinajstić information content (AvgIpc) is 2.67. The van der Waals surface area contributed by atoms with Crippen molar-refractivity contribution < 1.29 is 23.9 Å². The number of hydrogen-bond donors (Lipinski definition) is 1. The fraction of sp³-hybridized carbons (Fsp3) is 0.412. The maximum atomic E-state index is 12.0. The highest BCUT2D eigenvalue weighted by Crippen LogP contribution is 2.21. The van der Waals surface area contributed by atoms with Crippen LogP contribution in [0.4, 0.5) is 0 Å². The number of carbonyl (C=O) groups is 1. The molecule has 1 aliphatic heterocycles. The molecule has 0 aromatic heterocycles. The van der Waals surface area contributed by atoms with Gasteiger partial charge in [-0.15, -0.1) is 0 Å². The molecule has 1 saturated heterocycles. The van der Waals surface area contributed by atoms with Gasteiger partial charge in [-0.2, -0.15) is 5.90 Å². The van der Waals surface area contributed by atoms with Gasteiger partial charge in [0.2, 0.25) is 0 Å². The van der Waals surface area contributed by atoms with Gasteiger partial charge in [-0.1, -0.05) is 29.4 Å². The first-order valence-electron chi connectivity index (χ1n) is 7.87. The summed E-state index contributed by atoms with van der Waals surface area (Å²) in [6.07, 6.45) is 1.87. The number of rotatable bonds is 7. The molecule has 2 N–H and O–H groups in total. The molecule has 0 saturated carbocycles. The second-order valence-corrected chi connectivity index (χ2v) is 5.26. The van der Waals surface area contributed by atoms with Crippen LogP contribution in [0, 0.1) is 0 Å². The van der Waals surface area contributed by atoms with Gasteiger partial charge in [0.05, 0.1) is 20.3 Å². The lowest BCUT2D eigenvalue weighted by Gasteiger charge is -2.25. The Bertz CT molecular complexity index is 639. The van der Waals surface area contributed by atoms with E-state index < -0.39 is 5.97 Å². The van der Waals surface area contributed by atoms with Crippen molar-refractivity contribution in [2.24, 2.45) is 11.1 Å². The molecule has 0 bridgehead atoms. The third-order valence-electron chi connectivity index (χ3n) is 3.77. The van der Waals surface area contributed by atoms with E-state index in [-0.39, 0.29) is 5.71 Å². The quantitative estimate of drug-likeness (QED) is 0.336. The molecule has 0 spiro atoms. The summed E-state index contributed by atoms with van der Waals surface area (Å²) in [5, 5.41) is 3.78. The van der Waals surface area contributed by atoms with Gasteiger partial charge in [0.15, 0.2) is 11.5 Å². The van der Waals surface area contributed by atoms with Crippen LogP contribution in [0.25, 0.3) is 5.76 Å². The highest BCUT2D eigenvalue weighted by Gasteiger charge is 2.21. The summed E-state index contributed by atoms with van der Waals surface area (Å²) in [6, 6.07) is 7.12. The molecule has 2 rings (SSSR count). The number of morpholine rings is 1. The summed E-state index contributed by atoms with van der Waals surface area (Å²) in [5.41, 5.74) is 1.17. The summed E-state index contributed by atoms with van der Waals surface area (Å²) in [5.74, 6) is 5.30. The van der Waals surface area contributed by atoms with Gasteiger partial charge in [0.25, 0.3) is 0 Å². The molecule has 25 heavy (non-hydrogen) atoms. The molecule has 1 aromatic carbocycles. The Kier molecular flexibility index (Phi) is 7.39. The lowest BCUT2D eigenvalue weighted by Crippen LogP contribution is -2.36. The van der Waals surface area contributed by atoms with Crippen LogP contribution >= 0.6 is 0 Å². The summed E-state index contributed by atoms with van der Waals surface area (Å²) >= 11 is 0. The van der Waals surface area contributed by atoms with Crippen molar-refractivity contribution in [2.45, 2.75) is 0 Å². The zero-order chi connectivity index (χ0) is 18.1. The number of nitrogens with two attached hydrogens (primary N) is 1. The first-order valence-corrected chi connectivity index (χ1v) is 7.87. The SMILES string of the molecule is CON=C(C(=O)OC)c1ccccc1C(=CCN1CCOCC1)ON. The van der Waals surface area contributed by atoms with Crippen LogP contribution in [0.15, 0.2) is 35.5 Å². The van der Waals surface area contributed by atoms with Crippen LogP contribution in [-0.2, 0) is 23.9 Å². The van der Waals surface area contributed by atoms with Crippen LogP contribution in [-0.4, -0.2) is 63.6 Å². The van der Waals surface area contributed by atoms with Crippen molar-refractivity contribution in [1.82, 2.24) is 4.90 Å². The molecule has 0 aliphatic carbocycles. The van der Waals surface area contributed by atoms with E-state index in [0.717, 1.165) is 13.1 Å². The number of methoxy groups -OCH3 is 1. The van der Waals surface area contributed by atoms with E-state index in [1.165, 1.54) is 14.2 Å². The largest absolute Gasteiger partial charge is 0.464 e. The lowest BCUT2D eigenvalue weighted by atomic mass is 10.0. The fourth-order valence-corrected chi connectivity index (χ4v) is 2.51. The van der Waals surface area contributed by atoms with Crippen molar-refractivity contribution >= 4 is 17.4 Å². The second kappa shape index (κ2) is 9.77. The third-order valence-corrected chi connectivity index (χ3v) is 3.77. The van der Waals surface area contributed by atoms with Gasteiger partial charge in [0.1, 0.15) is 7.11 Å². The molecule has 1 heterocycles. The highest BCUT2D eigenvalue weighted by molar-refractivity contribution is 6.43. The van der Waals surface area contributed by atoms with Crippen molar-refractivity contribution in [3.8, 4) is 0 Å². The minimum atomic E-state index is -0.612. The molecule has 0 amide bonds. The fourth-order valence-electron chi connectivity index (χ4n) is 2.51. The van der Waals surface area contributed by atoms with E-state index in [1.54, 1.807) is 18.2 Å². The van der Waals surface area contributed by atoms with Crippen LogP contribution < -0.4 is 5.90 Å². The standard InChI is InChI=1S/C17H23N3O5/c1-22-17(21)16(19-23-2)14-6-4-3-5-13(14)15(25-18)7-8-20-9-11-24-12-10-20/h3-7H,8-12,18H2,1-2H3. The Labute approximate surface area is 146 Å². The van der Waals surface area contributed by atoms with E-state index >= 15 is 0 Å². The van der Waals surface area contributed by atoms with Gasteiger partial charge in [-0.3, -0.25) is 4.90 Å². The van der Waals surface area contributed by atoms with Crippen molar-refractivity contribution in [3.05, 3.63) is 41.5 Å². The number of hydrogen-bond acceptors (Lipinski definition) is 8. The Balaban J connectivity index is 2.32. The van der Waals surface area contributed by atoms with E-state index in [9.17, 15) is 4.79 Å². The minimum Gasteiger partial charge on any atom is -0.464 e. The van der Waals surface area contributed by atoms with Gasteiger partial charge in [0, 0.05) is 30.8 Å². The van der Waals surface area contributed by atoms with Crippen molar-refractivity contribution in [1.29, 1.82) is 0 Å². The number of ether oxygens (including phenoxy) is 2. The average molecular weight is 349 g/mol. The Morgan fingerprint density at radius 3 is 2.56 bits per heavy atom. The first kappa shape index (κ1) is 18.9. The van der Waals surface area contributed by atoms with Gasteiger partial charge < -0.3 is 19.1 Å². The third kappa shape index (κ3) is 5.02. The summed E-state index contributed by atoms with van der Waals surface area (Å²) < 4.78 is 10.1. The molecule has 1 aromatic rings. The number of nitrogens with zero attached hydrogens (tertiary/aromatic N) is 2. The number of oxime groups is 1. The number of benzene rings is 1. The molecule has 0 atom stereocenters. The van der Waals surface area contributed by atoms with E-state index in [1.807, 2.05) is 12.1 Å². The Morgan fingerprint density at radius 2 is 1.96 bits per heavy atom. The maximum Gasteiger partial charge on any atom is 0.360 e. The topological polar surface area (TPSA) is 95.6 Å². The summed E-state index contributed by atoms with van der Waals surface area (Å²) in [6.45, 7) is 3.74. The zero-order valence-corrected chi connectivity index (χ0v) is 14.4. The molecule has 8 nitrogen and oxygen atoms in total. The lowest BCUT2D eigenvalue weighted by molar-refractivity contribution is -0.132. The van der Waals surface area contributed by atoms with Gasteiger partial charge >= 0.3 is 5.97 Å². The molecule has 1 fully saturated rings. The summed E-state index contributed by atoms with van der Waals surface area (Å²) in [4.78, 5) is 24.1. The van der Waals surface area contributed by atoms with Crippen LogP contribution in [0.5, 0.6) is 0 Å². The van der Waals surface area contributed by atoms with Gasteiger partial charge in [-0.05, 0) is 6.08 Å². The smallest absolute Gasteiger partial charge is 0.360 e. The Hall–Kier alpha value is -2.42. The molecule has 0 radical (unpaired) electrons. The molecule has 0 unspecified atom stereocenters. The second-order valence-electron chi connectivity index (χ2n) is 5.26. The Morgan fingerprint density at radius 1 is 1.28 bits per heavy atom. The molecule has 1 aliphatic rings. The normalized spacial score (nSPS) is 16.4. The maximum absolute atomic E-state index is 12.0. The number of esters is 1. The number of carbonyl (C=O) groups excluding carboxylic acids is 1. The monoisotopic (exact) mass is 349 g/mol. The predicted molar refractivity (Wildman–Crippen MR) is 92.5 cm³/mol. The zero-order valence-electron chi connectivity index (χ0n) is 14.4. The predicted octanol–water partition coefficient (Wildman–Crippen LogP) is 0.774. The summed E-state index contributed by atoms with van der Waals surface area (Å²) in [7, 11) is 2.64. The van der Waals surface area contributed by atoms with Crippen LogP contribution in [0.2, 0.25) is 0 Å². The van der Waals surface area contributed by atoms with Crippen LogP contribution in [0.1, 0.15) is 11.1 Å². The van der Waals surface area contributed by atoms with E-state index in [4.69, 9.17) is 25.0 Å². The van der Waals surface area contributed by atoms with E-state index in [0.29, 0.717) is 36.6 Å². The highest BCUT2D eigenvalue weighted by atomic mass is 16.6. The minimum absolute atomic E-state index is 0.0370. The van der Waals surface area contributed by atoms with Crippen molar-refractivity contribution in [2.75, 3.05) is 47.1 Å². The van der Waals surface area contributed by atoms with Gasteiger partial charge in [-0.25, -0.2) is 4.79 Å².